The number of para-hydroxylation sites is 2. The molecule has 0 fully saturated rings. The molecule has 0 aliphatic heterocycles. The molecule has 0 radical (unpaired) electrons. The lowest BCUT2D eigenvalue weighted by atomic mass is 10.1. The van der Waals surface area contributed by atoms with Crippen LogP contribution in [0.2, 0.25) is 0 Å². The van der Waals surface area contributed by atoms with Crippen LogP contribution in [-0.4, -0.2) is 30.2 Å². The van der Waals surface area contributed by atoms with E-state index < -0.39 is 23.5 Å². The van der Waals surface area contributed by atoms with Crippen LogP contribution in [0.4, 0.5) is 4.39 Å². The van der Waals surface area contributed by atoms with E-state index in [-0.39, 0.29) is 22.6 Å². The smallest absolute Gasteiger partial charge is 0.341 e. The van der Waals surface area contributed by atoms with Crippen molar-refractivity contribution < 1.29 is 28.1 Å². The molecule has 31 heavy (non-hydrogen) atoms. The third-order valence-corrected chi connectivity index (χ3v) is 3.96. The number of ether oxygens (including phenoxy) is 4. The Morgan fingerprint density at radius 3 is 2.26 bits per heavy atom. The van der Waals surface area contributed by atoms with E-state index >= 15 is 0 Å². The lowest BCUT2D eigenvalue weighted by molar-refractivity contribution is -0.133. The van der Waals surface area contributed by atoms with Gasteiger partial charge in [-0.3, -0.25) is 0 Å². The third-order valence-electron chi connectivity index (χ3n) is 3.96. The van der Waals surface area contributed by atoms with Gasteiger partial charge in [0.1, 0.15) is 29.5 Å². The van der Waals surface area contributed by atoms with Crippen molar-refractivity contribution in [3.05, 3.63) is 78.1 Å². The van der Waals surface area contributed by atoms with Gasteiger partial charge in [0, 0.05) is 5.56 Å². The fourth-order valence-corrected chi connectivity index (χ4v) is 2.56. The van der Waals surface area contributed by atoms with Crippen LogP contribution in [0.15, 0.2) is 61.1 Å². The van der Waals surface area contributed by atoms with Crippen LogP contribution < -0.4 is 9.47 Å². The summed E-state index contributed by atoms with van der Waals surface area (Å²) in [6, 6.07) is 14.7. The quantitative estimate of drug-likeness (QED) is 0.317. The molecule has 0 spiro atoms. The first-order chi connectivity index (χ1) is 15.1. The van der Waals surface area contributed by atoms with Crippen molar-refractivity contribution in [1.82, 2.24) is 9.97 Å². The van der Waals surface area contributed by atoms with Gasteiger partial charge in [-0.15, -0.1) is 0 Å². The van der Waals surface area contributed by atoms with Gasteiger partial charge in [-0.2, -0.15) is 19.6 Å². The number of aromatic nitrogens is 2. The summed E-state index contributed by atoms with van der Waals surface area (Å²) < 4.78 is 35.8. The Hall–Kier alpha value is -4.45. The number of carbonyl (C=O) groups excluding carboxylic acids is 1. The van der Waals surface area contributed by atoms with Gasteiger partial charge in [0.05, 0.1) is 26.0 Å². The number of carbonyl (C=O) groups is 1. The van der Waals surface area contributed by atoms with Gasteiger partial charge in [-0.25, -0.2) is 4.79 Å². The number of hydrogen-bond donors (Lipinski definition) is 0. The highest BCUT2D eigenvalue weighted by Gasteiger charge is 2.21. The van der Waals surface area contributed by atoms with Crippen LogP contribution in [0.1, 0.15) is 11.1 Å². The molecule has 0 bridgehead atoms. The van der Waals surface area contributed by atoms with E-state index in [0.717, 1.165) is 6.33 Å². The molecule has 1 aromatic heterocycles. The molecule has 9 heteroatoms. The molecular formula is C22H16FN3O5. The second kappa shape index (κ2) is 9.84. The van der Waals surface area contributed by atoms with Gasteiger partial charge in [0.25, 0.3) is 11.8 Å². The fourth-order valence-electron chi connectivity index (χ4n) is 2.56. The molecule has 3 rings (SSSR count). The normalized spacial score (nSPS) is 10.7. The molecule has 0 N–H and O–H groups in total. The molecule has 0 atom stereocenters. The Labute approximate surface area is 177 Å². The van der Waals surface area contributed by atoms with Gasteiger partial charge in [-0.1, -0.05) is 30.3 Å². The van der Waals surface area contributed by atoms with Crippen molar-refractivity contribution in [3.63, 3.8) is 0 Å². The van der Waals surface area contributed by atoms with Gasteiger partial charge < -0.3 is 18.9 Å². The monoisotopic (exact) mass is 421 g/mol. The van der Waals surface area contributed by atoms with Crippen LogP contribution in [0.3, 0.4) is 0 Å². The first-order valence-corrected chi connectivity index (χ1v) is 8.85. The van der Waals surface area contributed by atoms with Gasteiger partial charge in [0.2, 0.25) is 5.82 Å². The zero-order valence-corrected chi connectivity index (χ0v) is 16.5. The zero-order valence-electron chi connectivity index (χ0n) is 16.5. The SMILES string of the molecule is CO/C=C(/C(=O)OC)c1ccccc1Oc1ncnc(Oc2ccccc2C#N)c1F. The Bertz CT molecular complexity index is 1170. The molecule has 0 unspecified atom stereocenters. The number of benzene rings is 2. The summed E-state index contributed by atoms with van der Waals surface area (Å²) in [5, 5.41) is 9.17. The summed E-state index contributed by atoms with van der Waals surface area (Å²) in [5.74, 6) is -2.26. The van der Waals surface area contributed by atoms with Crippen molar-refractivity contribution in [1.29, 1.82) is 5.26 Å². The Kier molecular flexibility index (Phi) is 6.75. The maximum absolute atomic E-state index is 15.0. The molecule has 3 aromatic rings. The summed E-state index contributed by atoms with van der Waals surface area (Å²) >= 11 is 0. The third kappa shape index (κ3) is 4.76. The first kappa shape index (κ1) is 21.3. The van der Waals surface area contributed by atoms with Crippen LogP contribution >= 0.6 is 0 Å². The van der Waals surface area contributed by atoms with Crippen molar-refractivity contribution in [2.24, 2.45) is 0 Å². The van der Waals surface area contributed by atoms with Crippen molar-refractivity contribution in [2.45, 2.75) is 0 Å². The predicted molar refractivity (Wildman–Crippen MR) is 107 cm³/mol. The summed E-state index contributed by atoms with van der Waals surface area (Å²) in [5.41, 5.74) is 0.571. The standard InChI is InChI=1S/C22H16FN3O5/c1-28-12-16(22(27)29-2)15-8-4-6-10-18(15)31-21-19(23)20(25-13-26-21)30-17-9-5-3-7-14(17)11-24/h3-10,12-13H,1-2H3/b16-12+. The number of rotatable bonds is 7. The summed E-state index contributed by atoms with van der Waals surface area (Å²) in [7, 11) is 2.60. The molecule has 0 aliphatic rings. The van der Waals surface area contributed by atoms with Crippen LogP contribution in [0.25, 0.3) is 5.57 Å². The first-order valence-electron chi connectivity index (χ1n) is 8.85. The molecule has 2 aromatic carbocycles. The Balaban J connectivity index is 1.97. The Morgan fingerprint density at radius 1 is 1.00 bits per heavy atom. The average Bonchev–Trinajstić information content (AvgIpc) is 2.80. The maximum atomic E-state index is 15.0. The molecule has 8 nitrogen and oxygen atoms in total. The number of methoxy groups -OCH3 is 2. The highest BCUT2D eigenvalue weighted by Crippen LogP contribution is 2.34. The molecule has 0 amide bonds. The molecule has 156 valence electrons. The second-order valence-electron chi connectivity index (χ2n) is 5.87. The minimum Gasteiger partial charge on any atom is -0.503 e. The van der Waals surface area contributed by atoms with Gasteiger partial charge in [-0.05, 0) is 18.2 Å². The summed E-state index contributed by atoms with van der Waals surface area (Å²) in [6.07, 6.45) is 2.25. The number of hydrogen-bond acceptors (Lipinski definition) is 8. The lowest BCUT2D eigenvalue weighted by Crippen LogP contribution is -2.06. The number of esters is 1. The van der Waals surface area contributed by atoms with Crippen molar-refractivity contribution in [3.8, 4) is 29.3 Å². The minimum absolute atomic E-state index is 0.0643. The molecule has 0 aliphatic carbocycles. The van der Waals surface area contributed by atoms with Gasteiger partial charge >= 0.3 is 5.97 Å². The highest BCUT2D eigenvalue weighted by atomic mass is 19.1. The van der Waals surface area contributed by atoms with E-state index in [9.17, 15) is 14.4 Å². The highest BCUT2D eigenvalue weighted by molar-refractivity contribution is 6.17. The van der Waals surface area contributed by atoms with E-state index in [4.69, 9.17) is 18.9 Å². The van der Waals surface area contributed by atoms with Crippen LogP contribution in [0, 0.1) is 17.1 Å². The second-order valence-corrected chi connectivity index (χ2v) is 5.87. The van der Waals surface area contributed by atoms with Crippen molar-refractivity contribution >= 4 is 11.5 Å². The van der Waals surface area contributed by atoms with E-state index in [1.165, 1.54) is 38.7 Å². The topological polar surface area (TPSA) is 104 Å². The largest absolute Gasteiger partial charge is 0.503 e. The lowest BCUT2D eigenvalue weighted by Gasteiger charge is -2.13. The average molecular weight is 421 g/mol. The van der Waals surface area contributed by atoms with Crippen molar-refractivity contribution in [2.75, 3.05) is 14.2 Å². The molecule has 1 heterocycles. The van der Waals surface area contributed by atoms with E-state index in [2.05, 4.69) is 9.97 Å². The number of nitriles is 1. The fraction of sp³-hybridized carbons (Fsp3) is 0.0909. The van der Waals surface area contributed by atoms with E-state index in [1.807, 2.05) is 6.07 Å². The van der Waals surface area contributed by atoms with Crippen LogP contribution in [-0.2, 0) is 14.3 Å². The van der Waals surface area contributed by atoms with E-state index in [0.29, 0.717) is 5.56 Å². The number of halogens is 1. The minimum atomic E-state index is -0.986. The molecular weight excluding hydrogens is 405 g/mol. The van der Waals surface area contributed by atoms with E-state index in [1.54, 1.807) is 30.3 Å². The summed E-state index contributed by atoms with van der Waals surface area (Å²) in [6.45, 7) is 0. The predicted octanol–water partition coefficient (Wildman–Crippen LogP) is 4.23. The zero-order chi connectivity index (χ0) is 22.2. The molecule has 0 saturated heterocycles. The summed E-state index contributed by atoms with van der Waals surface area (Å²) in [4.78, 5) is 19.7. The number of nitrogens with zero attached hydrogens (tertiary/aromatic N) is 3. The molecule has 0 saturated carbocycles. The van der Waals surface area contributed by atoms with Crippen LogP contribution in [0.5, 0.6) is 23.3 Å². The van der Waals surface area contributed by atoms with Gasteiger partial charge in [0.15, 0.2) is 0 Å². The Morgan fingerprint density at radius 2 is 1.61 bits per heavy atom. The maximum Gasteiger partial charge on any atom is 0.341 e.